The highest BCUT2D eigenvalue weighted by Crippen LogP contribution is 2.20. The molecular formula is C29H28F4N4O5. The van der Waals surface area contributed by atoms with Crippen LogP contribution in [0.1, 0.15) is 49.4 Å². The SMILES string of the molecule is Cc1cc(C)cc(CN2CCN(C(=O)c3cc(Cc4nn(OC(=O)C(F)(F)F)c(=O)c(C)c4C)ccc3F)CC2=O)c1. The third-order valence-corrected chi connectivity index (χ3v) is 7.00. The van der Waals surface area contributed by atoms with Crippen LogP contribution in [0.4, 0.5) is 17.6 Å². The van der Waals surface area contributed by atoms with Crippen LogP contribution in [0.15, 0.2) is 41.2 Å². The summed E-state index contributed by atoms with van der Waals surface area (Å²) in [4.78, 5) is 56.7. The number of piperazine rings is 1. The molecule has 1 aliphatic rings. The molecule has 0 saturated carbocycles. The Labute approximate surface area is 238 Å². The van der Waals surface area contributed by atoms with Gasteiger partial charge in [-0.25, -0.2) is 9.18 Å². The maximum Gasteiger partial charge on any atom is 0.493 e. The van der Waals surface area contributed by atoms with Crippen molar-refractivity contribution in [2.75, 3.05) is 19.6 Å². The lowest BCUT2D eigenvalue weighted by molar-refractivity contribution is -0.202. The molecular weight excluding hydrogens is 560 g/mol. The number of halogens is 4. The van der Waals surface area contributed by atoms with Gasteiger partial charge in [-0.2, -0.15) is 13.2 Å². The number of aryl methyl sites for hydroxylation is 2. The van der Waals surface area contributed by atoms with Gasteiger partial charge >= 0.3 is 17.7 Å². The predicted molar refractivity (Wildman–Crippen MR) is 142 cm³/mol. The summed E-state index contributed by atoms with van der Waals surface area (Å²) in [6.07, 6.45) is -5.47. The average Bonchev–Trinajstić information content (AvgIpc) is 2.90. The number of carbonyl (C=O) groups excluding carboxylic acids is 3. The normalized spacial score (nSPS) is 13.9. The molecule has 0 unspecified atom stereocenters. The van der Waals surface area contributed by atoms with Gasteiger partial charge in [-0.15, -0.1) is 5.10 Å². The summed E-state index contributed by atoms with van der Waals surface area (Å²) in [6, 6.07) is 9.68. The second kappa shape index (κ2) is 11.7. The molecule has 42 heavy (non-hydrogen) atoms. The topological polar surface area (TPSA) is 102 Å². The van der Waals surface area contributed by atoms with Crippen molar-refractivity contribution < 1.29 is 36.8 Å². The number of carbonyl (C=O) groups is 3. The summed E-state index contributed by atoms with van der Waals surface area (Å²) >= 11 is 0. The Kier molecular flexibility index (Phi) is 8.50. The second-order valence-corrected chi connectivity index (χ2v) is 10.3. The van der Waals surface area contributed by atoms with Gasteiger partial charge < -0.3 is 14.6 Å². The molecule has 1 aliphatic heterocycles. The predicted octanol–water partition coefficient (Wildman–Crippen LogP) is 3.21. The highest BCUT2D eigenvalue weighted by molar-refractivity contribution is 5.97. The maximum absolute atomic E-state index is 14.8. The fourth-order valence-electron chi connectivity index (χ4n) is 4.75. The smallest absolute Gasteiger partial charge is 0.335 e. The van der Waals surface area contributed by atoms with Crippen molar-refractivity contribution in [2.45, 2.75) is 46.8 Å². The monoisotopic (exact) mass is 588 g/mol. The summed E-state index contributed by atoms with van der Waals surface area (Å²) in [5.74, 6) is -4.42. The van der Waals surface area contributed by atoms with Crippen molar-refractivity contribution in [1.29, 1.82) is 0 Å². The van der Waals surface area contributed by atoms with E-state index in [2.05, 4.69) is 9.94 Å². The first-order chi connectivity index (χ1) is 19.6. The van der Waals surface area contributed by atoms with Gasteiger partial charge in [0.2, 0.25) is 5.91 Å². The van der Waals surface area contributed by atoms with Gasteiger partial charge in [0.25, 0.3) is 5.91 Å². The van der Waals surface area contributed by atoms with E-state index in [1.807, 2.05) is 32.0 Å². The molecule has 2 amide bonds. The number of rotatable bonds is 6. The van der Waals surface area contributed by atoms with Crippen LogP contribution in [0.25, 0.3) is 0 Å². The number of hydrogen-bond donors (Lipinski definition) is 0. The van der Waals surface area contributed by atoms with Gasteiger partial charge in [0.1, 0.15) is 12.4 Å². The lowest BCUT2D eigenvalue weighted by atomic mass is 10.0. The summed E-state index contributed by atoms with van der Waals surface area (Å²) in [7, 11) is 0. The lowest BCUT2D eigenvalue weighted by Gasteiger charge is -2.34. The zero-order chi connectivity index (χ0) is 30.9. The van der Waals surface area contributed by atoms with Crippen LogP contribution < -0.4 is 10.4 Å². The van der Waals surface area contributed by atoms with Crippen LogP contribution >= 0.6 is 0 Å². The molecule has 3 aromatic rings. The van der Waals surface area contributed by atoms with Crippen LogP contribution in [-0.4, -0.2) is 63.3 Å². The zero-order valence-electron chi connectivity index (χ0n) is 23.3. The standard InChI is InChI=1S/C29H28F4N4O5/c1-16-9-17(2)11-21(10-16)14-35-7-8-36(15-25(35)38)27(40)22-12-20(5-6-23(22)30)13-24-18(3)19(4)26(39)37(34-24)42-28(41)29(31,32)33/h5-6,9-12H,7-8,13-15H2,1-4H3. The lowest BCUT2D eigenvalue weighted by Crippen LogP contribution is -2.52. The van der Waals surface area contributed by atoms with Crippen molar-refractivity contribution in [3.8, 4) is 0 Å². The molecule has 0 atom stereocenters. The Morgan fingerprint density at radius 2 is 1.60 bits per heavy atom. The number of benzene rings is 2. The van der Waals surface area contributed by atoms with Crippen LogP contribution in [0.3, 0.4) is 0 Å². The summed E-state index contributed by atoms with van der Waals surface area (Å²) in [5, 5.41) is 3.75. The molecule has 1 saturated heterocycles. The Balaban J connectivity index is 1.51. The Morgan fingerprint density at radius 3 is 2.21 bits per heavy atom. The van der Waals surface area contributed by atoms with Crippen LogP contribution in [0.5, 0.6) is 0 Å². The van der Waals surface area contributed by atoms with Gasteiger partial charge in [0, 0.05) is 31.6 Å². The summed E-state index contributed by atoms with van der Waals surface area (Å²) in [6.45, 7) is 7.38. The molecule has 2 heterocycles. The number of nitrogens with zero attached hydrogens (tertiary/aromatic N) is 4. The van der Waals surface area contributed by atoms with E-state index in [9.17, 15) is 36.7 Å². The minimum absolute atomic E-state index is 0.00871. The van der Waals surface area contributed by atoms with E-state index in [0.29, 0.717) is 17.7 Å². The van der Waals surface area contributed by atoms with Gasteiger partial charge in [-0.3, -0.25) is 14.4 Å². The van der Waals surface area contributed by atoms with E-state index < -0.39 is 29.4 Å². The third kappa shape index (κ3) is 6.67. The van der Waals surface area contributed by atoms with Gasteiger partial charge in [-0.1, -0.05) is 35.4 Å². The van der Waals surface area contributed by atoms with E-state index in [-0.39, 0.29) is 53.6 Å². The summed E-state index contributed by atoms with van der Waals surface area (Å²) < 4.78 is 52.8. The molecule has 9 nitrogen and oxygen atoms in total. The third-order valence-electron chi connectivity index (χ3n) is 7.00. The number of alkyl halides is 3. The molecule has 1 fully saturated rings. The van der Waals surface area contributed by atoms with Crippen LogP contribution in [-0.2, 0) is 22.6 Å². The van der Waals surface area contributed by atoms with Crippen molar-refractivity contribution >= 4 is 17.8 Å². The fraction of sp³-hybridized carbons (Fsp3) is 0.345. The second-order valence-electron chi connectivity index (χ2n) is 10.3. The highest BCUT2D eigenvalue weighted by atomic mass is 19.4. The molecule has 0 radical (unpaired) electrons. The molecule has 0 aliphatic carbocycles. The summed E-state index contributed by atoms with van der Waals surface area (Å²) in [5.41, 5.74) is 2.50. The van der Waals surface area contributed by atoms with E-state index in [1.165, 1.54) is 30.9 Å². The maximum atomic E-state index is 14.8. The number of amides is 2. The van der Waals surface area contributed by atoms with E-state index >= 15 is 0 Å². The van der Waals surface area contributed by atoms with Crippen molar-refractivity contribution in [3.63, 3.8) is 0 Å². The highest BCUT2D eigenvalue weighted by Gasteiger charge is 2.42. The molecule has 2 aromatic carbocycles. The minimum Gasteiger partial charge on any atom is -0.335 e. The molecule has 4 rings (SSSR count). The number of aromatic nitrogens is 2. The van der Waals surface area contributed by atoms with Gasteiger partial charge in [0.05, 0.1) is 11.3 Å². The van der Waals surface area contributed by atoms with Gasteiger partial charge in [0.15, 0.2) is 0 Å². The first-order valence-electron chi connectivity index (χ1n) is 13.0. The Hall–Kier alpha value is -4.55. The van der Waals surface area contributed by atoms with Gasteiger partial charge in [-0.05, 0) is 61.4 Å². The molecule has 13 heteroatoms. The van der Waals surface area contributed by atoms with Crippen LogP contribution in [0.2, 0.25) is 0 Å². The van der Waals surface area contributed by atoms with E-state index in [0.717, 1.165) is 22.8 Å². The Bertz CT molecular complexity index is 1610. The molecule has 222 valence electrons. The molecule has 0 spiro atoms. The average molecular weight is 589 g/mol. The largest absolute Gasteiger partial charge is 0.493 e. The first kappa shape index (κ1) is 30.4. The Morgan fingerprint density at radius 1 is 0.929 bits per heavy atom. The minimum atomic E-state index is -5.35. The quantitative estimate of drug-likeness (QED) is 0.410. The van der Waals surface area contributed by atoms with Crippen molar-refractivity contribution in [2.24, 2.45) is 0 Å². The first-order valence-corrected chi connectivity index (χ1v) is 13.0. The van der Waals surface area contributed by atoms with E-state index in [4.69, 9.17) is 0 Å². The molecule has 0 N–H and O–H groups in total. The van der Waals surface area contributed by atoms with Crippen LogP contribution in [0, 0.1) is 33.5 Å². The zero-order valence-corrected chi connectivity index (χ0v) is 23.3. The van der Waals surface area contributed by atoms with Crippen molar-refractivity contribution in [1.82, 2.24) is 19.7 Å². The van der Waals surface area contributed by atoms with Crippen molar-refractivity contribution in [3.05, 3.63) is 97.2 Å². The van der Waals surface area contributed by atoms with E-state index in [1.54, 1.807) is 4.90 Å². The fourth-order valence-corrected chi connectivity index (χ4v) is 4.75. The molecule has 0 bridgehead atoms. The number of hydrogen-bond acceptors (Lipinski definition) is 6. The molecule has 1 aromatic heterocycles.